The van der Waals surface area contributed by atoms with Gasteiger partial charge in [-0.2, -0.15) is 0 Å². The number of carbonyl (C=O) groups excluding carboxylic acids is 2. The molecule has 0 atom stereocenters. The Hall–Kier alpha value is -2.31. The minimum Gasteiger partial charge on any atom is -0.465 e. The number of anilines is 1. The number of nitrogens with one attached hydrogen (secondary N) is 1. The van der Waals surface area contributed by atoms with Crippen molar-refractivity contribution in [2.75, 3.05) is 12.4 Å². The lowest BCUT2D eigenvalue weighted by Crippen LogP contribution is -2.14. The Bertz CT molecular complexity index is 779. The second-order valence-corrected chi connectivity index (χ2v) is 5.37. The summed E-state index contributed by atoms with van der Waals surface area (Å²) in [6.45, 7) is 5.02. The molecule has 23 heavy (non-hydrogen) atoms. The Morgan fingerprint density at radius 2 is 1.91 bits per heavy atom. The SMILES string of the molecule is C=C(C)C(=O)Nc1onc(-c2c(Cl)cccc2Cl)c1C(=O)OC. The van der Waals surface area contributed by atoms with Crippen LogP contribution in [0.3, 0.4) is 0 Å². The third kappa shape index (κ3) is 3.38. The molecule has 0 spiro atoms. The van der Waals surface area contributed by atoms with Gasteiger partial charge >= 0.3 is 5.97 Å². The van der Waals surface area contributed by atoms with Gasteiger partial charge in [0.25, 0.3) is 5.91 Å². The van der Waals surface area contributed by atoms with E-state index in [-0.39, 0.29) is 32.8 Å². The van der Waals surface area contributed by atoms with Gasteiger partial charge in [0.05, 0.1) is 17.2 Å². The van der Waals surface area contributed by atoms with Crippen LogP contribution in [0.5, 0.6) is 0 Å². The molecule has 6 nitrogen and oxygen atoms in total. The van der Waals surface area contributed by atoms with Crippen molar-refractivity contribution in [3.05, 3.63) is 46.0 Å². The van der Waals surface area contributed by atoms with Crippen molar-refractivity contribution in [2.24, 2.45) is 0 Å². The van der Waals surface area contributed by atoms with E-state index in [4.69, 9.17) is 32.5 Å². The van der Waals surface area contributed by atoms with Crippen molar-refractivity contribution in [3.63, 3.8) is 0 Å². The lowest BCUT2D eigenvalue weighted by molar-refractivity contribution is -0.112. The number of hydrogen-bond donors (Lipinski definition) is 1. The number of amides is 1. The van der Waals surface area contributed by atoms with E-state index in [1.54, 1.807) is 18.2 Å². The van der Waals surface area contributed by atoms with Gasteiger partial charge in [0.2, 0.25) is 5.88 Å². The Morgan fingerprint density at radius 1 is 1.30 bits per heavy atom. The lowest BCUT2D eigenvalue weighted by Gasteiger charge is -2.06. The topological polar surface area (TPSA) is 81.4 Å². The van der Waals surface area contributed by atoms with E-state index in [0.717, 1.165) is 0 Å². The zero-order chi connectivity index (χ0) is 17.1. The molecule has 1 heterocycles. The van der Waals surface area contributed by atoms with Gasteiger partial charge in [0, 0.05) is 11.1 Å². The molecule has 1 N–H and O–H groups in total. The molecule has 0 aliphatic carbocycles. The third-order valence-electron chi connectivity index (χ3n) is 2.90. The van der Waals surface area contributed by atoms with Gasteiger partial charge in [-0.1, -0.05) is 41.0 Å². The summed E-state index contributed by atoms with van der Waals surface area (Å²) in [5.74, 6) is -1.45. The highest BCUT2D eigenvalue weighted by atomic mass is 35.5. The van der Waals surface area contributed by atoms with Crippen molar-refractivity contribution < 1.29 is 18.8 Å². The predicted octanol–water partition coefficient (Wildman–Crippen LogP) is 3.95. The fourth-order valence-corrected chi connectivity index (χ4v) is 2.35. The molecule has 2 rings (SSSR count). The fraction of sp³-hybridized carbons (Fsp3) is 0.133. The highest BCUT2D eigenvalue weighted by molar-refractivity contribution is 6.39. The Balaban J connectivity index is 2.62. The summed E-state index contributed by atoms with van der Waals surface area (Å²) >= 11 is 12.3. The first kappa shape index (κ1) is 17.1. The van der Waals surface area contributed by atoms with E-state index in [9.17, 15) is 9.59 Å². The number of halogens is 2. The highest BCUT2D eigenvalue weighted by Crippen LogP contribution is 2.38. The quantitative estimate of drug-likeness (QED) is 0.663. The van der Waals surface area contributed by atoms with Crippen LogP contribution < -0.4 is 5.32 Å². The molecule has 0 bridgehead atoms. The standard InChI is InChI=1S/C15H12Cl2N2O4/c1-7(2)13(20)18-14-11(15(21)22-3)12(19-23-14)10-8(16)5-4-6-9(10)17/h4-6H,1H2,2-3H3,(H,18,20). The maximum absolute atomic E-state index is 12.1. The molecule has 0 unspecified atom stereocenters. The summed E-state index contributed by atoms with van der Waals surface area (Å²) in [4.78, 5) is 23.8. The molecule has 120 valence electrons. The molecule has 1 aromatic heterocycles. The van der Waals surface area contributed by atoms with Crippen LogP contribution >= 0.6 is 23.2 Å². The van der Waals surface area contributed by atoms with E-state index in [1.165, 1.54) is 14.0 Å². The second kappa shape index (κ2) is 6.85. The Morgan fingerprint density at radius 3 is 2.43 bits per heavy atom. The van der Waals surface area contributed by atoms with Gasteiger partial charge in [0.1, 0.15) is 5.69 Å². The van der Waals surface area contributed by atoms with Crippen LogP contribution in [-0.4, -0.2) is 24.1 Å². The van der Waals surface area contributed by atoms with Crippen LogP contribution in [-0.2, 0) is 9.53 Å². The molecule has 0 radical (unpaired) electrons. The van der Waals surface area contributed by atoms with Crippen molar-refractivity contribution in [2.45, 2.75) is 6.92 Å². The fourth-order valence-electron chi connectivity index (χ4n) is 1.77. The van der Waals surface area contributed by atoms with Crippen LogP contribution in [0, 0.1) is 0 Å². The van der Waals surface area contributed by atoms with Gasteiger partial charge in [-0.15, -0.1) is 0 Å². The van der Waals surface area contributed by atoms with E-state index in [1.807, 2.05) is 0 Å². The molecule has 1 aromatic carbocycles. The zero-order valence-corrected chi connectivity index (χ0v) is 13.8. The van der Waals surface area contributed by atoms with Crippen LogP contribution in [0.15, 0.2) is 34.9 Å². The first-order valence-electron chi connectivity index (χ1n) is 6.36. The molecule has 0 saturated heterocycles. The number of nitrogens with zero attached hydrogens (tertiary/aromatic N) is 1. The molecule has 1 amide bonds. The largest absolute Gasteiger partial charge is 0.465 e. The molecule has 0 saturated carbocycles. The van der Waals surface area contributed by atoms with Crippen LogP contribution in [0.25, 0.3) is 11.3 Å². The molecular formula is C15H12Cl2N2O4. The summed E-state index contributed by atoms with van der Waals surface area (Å²) in [6, 6.07) is 4.82. The summed E-state index contributed by atoms with van der Waals surface area (Å²) in [5, 5.41) is 6.74. The summed E-state index contributed by atoms with van der Waals surface area (Å²) in [5.41, 5.74) is 0.520. The summed E-state index contributed by atoms with van der Waals surface area (Å²) < 4.78 is 9.78. The molecule has 2 aromatic rings. The minimum atomic E-state index is -0.755. The first-order valence-corrected chi connectivity index (χ1v) is 7.11. The predicted molar refractivity (Wildman–Crippen MR) is 86.7 cm³/mol. The minimum absolute atomic E-state index is 0.0736. The number of benzene rings is 1. The summed E-state index contributed by atoms with van der Waals surface area (Å²) in [6.07, 6.45) is 0. The zero-order valence-electron chi connectivity index (χ0n) is 12.3. The number of ether oxygens (including phenoxy) is 1. The number of hydrogen-bond acceptors (Lipinski definition) is 5. The van der Waals surface area contributed by atoms with Gasteiger partial charge in [-0.05, 0) is 19.1 Å². The van der Waals surface area contributed by atoms with Gasteiger partial charge < -0.3 is 9.26 Å². The molecule has 0 fully saturated rings. The average Bonchev–Trinajstić information content (AvgIpc) is 2.89. The van der Waals surface area contributed by atoms with Crippen molar-refractivity contribution in [3.8, 4) is 11.3 Å². The van der Waals surface area contributed by atoms with Gasteiger partial charge in [-0.3, -0.25) is 10.1 Å². The van der Waals surface area contributed by atoms with Gasteiger partial charge in [0.15, 0.2) is 5.56 Å². The van der Waals surface area contributed by atoms with E-state index >= 15 is 0 Å². The van der Waals surface area contributed by atoms with Crippen molar-refractivity contribution in [1.82, 2.24) is 5.16 Å². The number of aromatic nitrogens is 1. The van der Waals surface area contributed by atoms with Crippen molar-refractivity contribution >= 4 is 41.0 Å². The maximum Gasteiger partial charge on any atom is 0.345 e. The Kier molecular flexibility index (Phi) is 5.08. The number of carbonyl (C=O) groups is 2. The van der Waals surface area contributed by atoms with E-state index in [2.05, 4.69) is 17.1 Å². The Labute approximate surface area is 142 Å². The van der Waals surface area contributed by atoms with E-state index in [0.29, 0.717) is 5.56 Å². The van der Waals surface area contributed by atoms with Crippen LogP contribution in [0.4, 0.5) is 5.88 Å². The van der Waals surface area contributed by atoms with Crippen LogP contribution in [0.1, 0.15) is 17.3 Å². The normalized spacial score (nSPS) is 10.3. The monoisotopic (exact) mass is 354 g/mol. The smallest absolute Gasteiger partial charge is 0.345 e. The van der Waals surface area contributed by atoms with Gasteiger partial charge in [-0.25, -0.2) is 4.79 Å². The number of esters is 1. The number of methoxy groups -OCH3 is 1. The number of rotatable bonds is 4. The lowest BCUT2D eigenvalue weighted by atomic mass is 10.1. The molecule has 8 heteroatoms. The second-order valence-electron chi connectivity index (χ2n) is 4.56. The van der Waals surface area contributed by atoms with Crippen LogP contribution in [0.2, 0.25) is 10.0 Å². The summed E-state index contributed by atoms with van der Waals surface area (Å²) in [7, 11) is 1.19. The maximum atomic E-state index is 12.1. The highest BCUT2D eigenvalue weighted by Gasteiger charge is 2.28. The van der Waals surface area contributed by atoms with Crippen molar-refractivity contribution in [1.29, 1.82) is 0 Å². The van der Waals surface area contributed by atoms with E-state index < -0.39 is 11.9 Å². The molecule has 0 aliphatic rings. The third-order valence-corrected chi connectivity index (χ3v) is 3.53. The molecular weight excluding hydrogens is 343 g/mol. The average molecular weight is 355 g/mol. The first-order chi connectivity index (χ1) is 10.9. The molecule has 0 aliphatic heterocycles.